The van der Waals surface area contributed by atoms with Gasteiger partial charge in [0.1, 0.15) is 0 Å². The number of rotatable bonds is 7. The first-order chi connectivity index (χ1) is 33.6. The number of hydrogen-bond donors (Lipinski definition) is 0. The van der Waals surface area contributed by atoms with Gasteiger partial charge in [-0.25, -0.2) is 15.0 Å². The maximum absolute atomic E-state index is 9.20. The molecule has 0 spiro atoms. The van der Waals surface area contributed by atoms with Crippen molar-refractivity contribution in [3.63, 3.8) is 0 Å². The van der Waals surface area contributed by atoms with Crippen LogP contribution in [0.3, 0.4) is 0 Å². The van der Waals surface area contributed by atoms with Gasteiger partial charge in [0.15, 0.2) is 17.5 Å². The van der Waals surface area contributed by atoms with Crippen molar-refractivity contribution in [2.75, 3.05) is 0 Å². The van der Waals surface area contributed by atoms with Crippen molar-refractivity contribution in [2.24, 2.45) is 0 Å². The lowest BCUT2D eigenvalue weighted by Crippen LogP contribution is -2.03. The fourth-order valence-electron chi connectivity index (χ4n) is 8.44. The summed E-state index contributed by atoms with van der Waals surface area (Å²) in [6.07, 6.45) is 0. The van der Waals surface area contributed by atoms with E-state index in [9.17, 15) is 1.37 Å². The highest BCUT2D eigenvalue weighted by Crippen LogP contribution is 2.41. The fraction of sp³-hybridized carbons (Fsp3) is 0. The Morgan fingerprint density at radius 2 is 0.935 bits per heavy atom. The van der Waals surface area contributed by atoms with Crippen molar-refractivity contribution in [3.05, 3.63) is 218 Å². The van der Waals surface area contributed by atoms with E-state index in [1.807, 2.05) is 54.6 Å². The lowest BCUT2D eigenvalue weighted by Gasteiger charge is -2.15. The number of aromatic nitrogens is 4. The first-order valence-corrected chi connectivity index (χ1v) is 21.1. The van der Waals surface area contributed by atoms with Crippen molar-refractivity contribution in [3.8, 4) is 73.2 Å². The van der Waals surface area contributed by atoms with E-state index >= 15 is 0 Å². The minimum absolute atomic E-state index is 0.0651. The van der Waals surface area contributed by atoms with E-state index in [4.69, 9.17) is 23.2 Å². The summed E-state index contributed by atoms with van der Waals surface area (Å²) in [6, 6.07) is 56.2. The minimum Gasteiger partial charge on any atom is -0.309 e. The zero-order valence-electron chi connectivity index (χ0n) is 39.9. The molecule has 0 aliphatic heterocycles. The molecule has 0 bridgehead atoms. The number of para-hydroxylation sites is 3. The maximum atomic E-state index is 9.20. The monoisotopic (exact) mass is 815 g/mol. The number of benzene rings is 9. The predicted octanol–water partition coefficient (Wildman–Crippen LogP) is 15.3. The van der Waals surface area contributed by atoms with E-state index in [1.165, 1.54) is 26.2 Å². The van der Waals surface area contributed by atoms with Crippen LogP contribution < -0.4 is 0 Å². The molecule has 0 amide bonds. The van der Waals surface area contributed by atoms with E-state index in [-0.39, 0.29) is 57.8 Å². The molecule has 0 aliphatic rings. The van der Waals surface area contributed by atoms with Gasteiger partial charge in [0.05, 0.1) is 26.3 Å². The third-order valence-electron chi connectivity index (χ3n) is 11.4. The van der Waals surface area contributed by atoms with Gasteiger partial charge in [-0.1, -0.05) is 176 Å². The highest BCUT2D eigenvalue weighted by atomic mass is 32.1. The smallest absolute Gasteiger partial charge is 0.166 e. The molecule has 12 rings (SSSR count). The number of fused-ring (bicyclic) bond motifs is 6. The largest absolute Gasteiger partial charge is 0.309 e. The summed E-state index contributed by atoms with van der Waals surface area (Å²) in [5, 5.41) is 2.57. The van der Waals surface area contributed by atoms with Crippen LogP contribution in [0.4, 0.5) is 0 Å². The van der Waals surface area contributed by atoms with Gasteiger partial charge in [-0.2, -0.15) is 0 Å². The van der Waals surface area contributed by atoms with E-state index < -0.39 is 12.1 Å². The lowest BCUT2D eigenvalue weighted by atomic mass is 9.98. The average molecular weight is 816 g/mol. The molecule has 3 heterocycles. The molecule has 290 valence electrons. The molecule has 0 saturated carbocycles. The van der Waals surface area contributed by atoms with Gasteiger partial charge in [0, 0.05) is 47.6 Å². The van der Waals surface area contributed by atoms with Crippen LogP contribution in [0, 0.1) is 0 Å². The first kappa shape index (κ1) is 29.3. The Bertz CT molecular complexity index is 4060. The molecule has 0 saturated heterocycles. The summed E-state index contributed by atoms with van der Waals surface area (Å²) < 4.78 is 66.2. The fourth-order valence-corrected chi connectivity index (χ4v) is 9.68. The van der Waals surface area contributed by atoms with Gasteiger partial charge >= 0.3 is 0 Å². The molecule has 9 aromatic carbocycles. The summed E-state index contributed by atoms with van der Waals surface area (Å²) >= 11 is 1.76. The van der Waals surface area contributed by atoms with Gasteiger partial charge in [-0.15, -0.1) is 11.3 Å². The van der Waals surface area contributed by atoms with Gasteiger partial charge in [0.2, 0.25) is 0 Å². The SMILES string of the molecule is [2H]c1cc([2H])c2c(c1[2H])c1c([2H])c([2H])c([2H])c([2H])c1n2-c1ccccc1-c1nc(-c2ccc(-c3cccc(-c4ccccc4)c3)cc2)nc(-c2cccc(-c3cccc4c3sc3ccccc34)c2)n1. The van der Waals surface area contributed by atoms with Crippen molar-refractivity contribution in [1.82, 2.24) is 19.5 Å². The van der Waals surface area contributed by atoms with E-state index in [1.54, 1.807) is 28.0 Å². The van der Waals surface area contributed by atoms with E-state index in [2.05, 4.69) is 103 Å². The Morgan fingerprint density at radius 3 is 1.79 bits per heavy atom. The van der Waals surface area contributed by atoms with Gasteiger partial charge in [-0.3, -0.25) is 0 Å². The highest BCUT2D eigenvalue weighted by Gasteiger charge is 2.20. The Labute approximate surface area is 372 Å². The molecule has 12 aromatic rings. The van der Waals surface area contributed by atoms with Crippen molar-refractivity contribution >= 4 is 53.3 Å². The maximum Gasteiger partial charge on any atom is 0.166 e. The zero-order valence-corrected chi connectivity index (χ0v) is 33.8. The second-order valence-electron chi connectivity index (χ2n) is 15.0. The zero-order chi connectivity index (χ0) is 47.1. The van der Waals surface area contributed by atoms with Crippen LogP contribution in [0.5, 0.6) is 0 Å². The highest BCUT2D eigenvalue weighted by molar-refractivity contribution is 7.26. The molecule has 0 fully saturated rings. The quantitative estimate of drug-likeness (QED) is 0.161. The van der Waals surface area contributed by atoms with Gasteiger partial charge < -0.3 is 4.57 Å². The van der Waals surface area contributed by atoms with Crippen LogP contribution in [-0.4, -0.2) is 19.5 Å². The third-order valence-corrected chi connectivity index (χ3v) is 12.6. The second kappa shape index (κ2) is 14.9. The standard InChI is InChI=1S/C57H36N4S/c1-2-15-37(16-3-1)40-17-12-18-41(35-40)38-31-33-39(34-32-38)55-58-56(43-20-13-19-42(36-43)44-25-14-26-48-47-23-7-11-30-53(47)62-54(44)48)60-57(59-55)49-24-6-10-29-52(49)61-50-27-8-4-21-45(50)46-22-5-9-28-51(46)61/h1-36H/i4D,5D,8D,21D,22D,27D,28D. The summed E-state index contributed by atoms with van der Waals surface area (Å²) in [5.41, 5.74) is 9.09. The molecule has 62 heavy (non-hydrogen) atoms. The van der Waals surface area contributed by atoms with E-state index in [0.717, 1.165) is 44.5 Å². The summed E-state index contributed by atoms with van der Waals surface area (Å²) in [5.74, 6) is 1.10. The molecule has 0 unspecified atom stereocenters. The number of nitrogens with zero attached hydrogens (tertiary/aromatic N) is 4. The predicted molar refractivity (Wildman–Crippen MR) is 260 cm³/mol. The molecule has 5 heteroatoms. The Morgan fingerprint density at radius 1 is 0.371 bits per heavy atom. The van der Waals surface area contributed by atoms with Crippen LogP contribution in [0.1, 0.15) is 9.60 Å². The molecular formula is C57H36N4S. The summed E-state index contributed by atoms with van der Waals surface area (Å²) in [6.45, 7) is 0. The summed E-state index contributed by atoms with van der Waals surface area (Å²) in [4.78, 5) is 15.5. The lowest BCUT2D eigenvalue weighted by molar-refractivity contribution is 1.06. The molecule has 0 N–H and O–H groups in total. The molecule has 0 aliphatic carbocycles. The Kier molecular flexibility index (Phi) is 7.05. The van der Waals surface area contributed by atoms with Crippen LogP contribution in [0.15, 0.2) is 218 Å². The number of hydrogen-bond acceptors (Lipinski definition) is 4. The number of thiophene rings is 1. The molecule has 3 aromatic heterocycles. The van der Waals surface area contributed by atoms with Gasteiger partial charge in [-0.05, 0) is 75.8 Å². The van der Waals surface area contributed by atoms with E-state index in [0.29, 0.717) is 22.9 Å². The minimum atomic E-state index is -0.464. The Hall–Kier alpha value is -7.99. The van der Waals surface area contributed by atoms with Gasteiger partial charge in [0.25, 0.3) is 0 Å². The molecule has 4 nitrogen and oxygen atoms in total. The van der Waals surface area contributed by atoms with Crippen molar-refractivity contribution in [1.29, 1.82) is 0 Å². The molecular weight excluding hydrogens is 773 g/mol. The van der Waals surface area contributed by atoms with Crippen molar-refractivity contribution in [2.45, 2.75) is 0 Å². The molecule has 0 radical (unpaired) electrons. The van der Waals surface area contributed by atoms with Crippen LogP contribution in [-0.2, 0) is 0 Å². The summed E-state index contributed by atoms with van der Waals surface area (Å²) in [7, 11) is 0. The second-order valence-corrected chi connectivity index (χ2v) is 16.1. The first-order valence-electron chi connectivity index (χ1n) is 23.8. The average Bonchev–Trinajstić information content (AvgIpc) is 3.97. The van der Waals surface area contributed by atoms with Crippen LogP contribution >= 0.6 is 11.3 Å². The topological polar surface area (TPSA) is 43.6 Å². The molecule has 0 atom stereocenters. The normalized spacial score (nSPS) is 13.1. The van der Waals surface area contributed by atoms with Crippen molar-refractivity contribution < 1.29 is 9.60 Å². The Balaban J connectivity index is 1.07. The van der Waals surface area contributed by atoms with Crippen LogP contribution in [0.2, 0.25) is 0 Å². The third kappa shape index (κ3) is 6.18. The van der Waals surface area contributed by atoms with Crippen LogP contribution in [0.25, 0.3) is 115 Å².